The van der Waals surface area contributed by atoms with E-state index in [4.69, 9.17) is 14.2 Å². The van der Waals surface area contributed by atoms with Crippen molar-refractivity contribution in [2.24, 2.45) is 0 Å². The normalized spacial score (nSPS) is 10.7. The van der Waals surface area contributed by atoms with Crippen LogP contribution in [0, 0.1) is 0 Å². The third kappa shape index (κ3) is 9.61. The van der Waals surface area contributed by atoms with E-state index in [9.17, 15) is 14.4 Å². The highest BCUT2D eigenvalue weighted by Gasteiger charge is 2.22. The summed E-state index contributed by atoms with van der Waals surface area (Å²) in [6.45, 7) is 8.27. The number of rotatable bonds is 9. The molecule has 0 rings (SSSR count). The van der Waals surface area contributed by atoms with Gasteiger partial charge in [0.1, 0.15) is 18.8 Å². The predicted molar refractivity (Wildman–Crippen MR) is 75.4 cm³/mol. The van der Waals surface area contributed by atoms with Crippen LogP contribution in [0.25, 0.3) is 0 Å². The minimum atomic E-state index is -0.756. The lowest BCUT2D eigenvalue weighted by atomic mass is 10.1. The maximum atomic E-state index is 11.5. The zero-order chi connectivity index (χ0) is 16.5. The van der Waals surface area contributed by atoms with Gasteiger partial charge in [-0.3, -0.25) is 9.59 Å². The smallest absolute Gasteiger partial charge is 0.333 e. The summed E-state index contributed by atoms with van der Waals surface area (Å²) in [7, 11) is 1.50. The summed E-state index contributed by atoms with van der Waals surface area (Å²) in [6.07, 6.45) is -0.0340. The molecule has 21 heavy (non-hydrogen) atoms. The number of ether oxygens (including phenoxy) is 3. The Labute approximate surface area is 124 Å². The minimum Gasteiger partial charge on any atom is -0.462 e. The quantitative estimate of drug-likeness (QED) is 0.495. The van der Waals surface area contributed by atoms with Gasteiger partial charge in [-0.1, -0.05) is 6.58 Å². The molecule has 0 atom stereocenters. The van der Waals surface area contributed by atoms with Crippen molar-refractivity contribution in [3.63, 3.8) is 0 Å². The SMILES string of the molecule is C=C(C)C(=O)OCCC(=O)NCC(=O)OC(C)(C)COC. The Bertz CT molecular complexity index is 402. The molecule has 120 valence electrons. The van der Waals surface area contributed by atoms with E-state index in [1.807, 2.05) is 0 Å². The number of hydrogen-bond donors (Lipinski definition) is 1. The molecule has 0 aromatic carbocycles. The first kappa shape index (κ1) is 19.1. The molecule has 0 saturated heterocycles. The van der Waals surface area contributed by atoms with Crippen molar-refractivity contribution in [1.82, 2.24) is 5.32 Å². The molecule has 0 heterocycles. The number of hydrogen-bond acceptors (Lipinski definition) is 6. The summed E-state index contributed by atoms with van der Waals surface area (Å²) in [5.74, 6) is -1.53. The van der Waals surface area contributed by atoms with E-state index in [1.165, 1.54) is 14.0 Å². The van der Waals surface area contributed by atoms with Gasteiger partial charge in [-0.25, -0.2) is 4.79 Å². The number of carbonyl (C=O) groups is 3. The van der Waals surface area contributed by atoms with E-state index in [0.29, 0.717) is 0 Å². The molecule has 7 nitrogen and oxygen atoms in total. The first-order chi connectivity index (χ1) is 9.68. The van der Waals surface area contributed by atoms with E-state index < -0.39 is 23.4 Å². The van der Waals surface area contributed by atoms with Crippen LogP contribution in [0.3, 0.4) is 0 Å². The van der Waals surface area contributed by atoms with Crippen LogP contribution in [0.2, 0.25) is 0 Å². The largest absolute Gasteiger partial charge is 0.462 e. The summed E-state index contributed by atoms with van der Waals surface area (Å²) in [5, 5.41) is 2.38. The number of esters is 2. The highest BCUT2D eigenvalue weighted by atomic mass is 16.6. The van der Waals surface area contributed by atoms with Crippen molar-refractivity contribution >= 4 is 17.8 Å². The van der Waals surface area contributed by atoms with E-state index in [0.717, 1.165) is 0 Å². The van der Waals surface area contributed by atoms with Gasteiger partial charge in [0.2, 0.25) is 5.91 Å². The van der Waals surface area contributed by atoms with Crippen LogP contribution in [0.5, 0.6) is 0 Å². The summed E-state index contributed by atoms with van der Waals surface area (Å²) in [4.78, 5) is 34.0. The van der Waals surface area contributed by atoms with Crippen LogP contribution < -0.4 is 5.32 Å². The van der Waals surface area contributed by atoms with E-state index in [-0.39, 0.29) is 31.8 Å². The van der Waals surface area contributed by atoms with Gasteiger partial charge in [0.25, 0.3) is 0 Å². The number of carbonyl (C=O) groups excluding carboxylic acids is 3. The number of nitrogens with one attached hydrogen (secondary N) is 1. The maximum absolute atomic E-state index is 11.5. The molecule has 0 fully saturated rings. The molecule has 7 heteroatoms. The van der Waals surface area contributed by atoms with Crippen LogP contribution in [0.1, 0.15) is 27.2 Å². The number of methoxy groups -OCH3 is 1. The van der Waals surface area contributed by atoms with Crippen LogP contribution in [-0.2, 0) is 28.6 Å². The summed E-state index contributed by atoms with van der Waals surface area (Å²) >= 11 is 0. The van der Waals surface area contributed by atoms with Crippen molar-refractivity contribution in [1.29, 1.82) is 0 Å². The maximum Gasteiger partial charge on any atom is 0.333 e. The van der Waals surface area contributed by atoms with Crippen molar-refractivity contribution < 1.29 is 28.6 Å². The zero-order valence-corrected chi connectivity index (χ0v) is 13.0. The Morgan fingerprint density at radius 1 is 1.24 bits per heavy atom. The lowest BCUT2D eigenvalue weighted by Crippen LogP contribution is -2.38. The van der Waals surface area contributed by atoms with Crippen molar-refractivity contribution in [2.75, 3.05) is 26.9 Å². The third-order valence-electron chi connectivity index (χ3n) is 2.22. The summed E-state index contributed by atoms with van der Waals surface area (Å²) in [5.41, 5.74) is -0.493. The van der Waals surface area contributed by atoms with Gasteiger partial charge in [-0.2, -0.15) is 0 Å². The molecule has 0 spiro atoms. The van der Waals surface area contributed by atoms with Gasteiger partial charge in [0, 0.05) is 12.7 Å². The first-order valence-electron chi connectivity index (χ1n) is 6.48. The Balaban J connectivity index is 3.90. The molecule has 0 aliphatic heterocycles. The van der Waals surface area contributed by atoms with Crippen LogP contribution >= 0.6 is 0 Å². The Kier molecular flexibility index (Phi) is 8.30. The summed E-state index contributed by atoms with van der Waals surface area (Å²) < 4.78 is 14.8. The van der Waals surface area contributed by atoms with Crippen molar-refractivity contribution in [2.45, 2.75) is 32.8 Å². The molecular weight excluding hydrogens is 278 g/mol. The molecule has 0 aromatic rings. The standard InChI is InChI=1S/C14H23NO6/c1-10(2)13(18)20-7-6-11(16)15-8-12(17)21-14(3,4)9-19-5/h1,6-9H2,2-5H3,(H,15,16). The molecule has 0 aromatic heterocycles. The monoisotopic (exact) mass is 301 g/mol. The minimum absolute atomic E-state index is 0.0340. The molecule has 1 amide bonds. The fraction of sp³-hybridized carbons (Fsp3) is 0.643. The second kappa shape index (κ2) is 9.12. The molecule has 1 N–H and O–H groups in total. The van der Waals surface area contributed by atoms with Gasteiger partial charge >= 0.3 is 11.9 Å². The molecule has 0 aliphatic rings. The molecule has 0 aliphatic carbocycles. The molecular formula is C14H23NO6. The zero-order valence-electron chi connectivity index (χ0n) is 13.0. The fourth-order valence-electron chi connectivity index (χ4n) is 1.34. The highest BCUT2D eigenvalue weighted by Crippen LogP contribution is 2.09. The number of amides is 1. The topological polar surface area (TPSA) is 90.9 Å². The fourth-order valence-corrected chi connectivity index (χ4v) is 1.34. The average molecular weight is 301 g/mol. The average Bonchev–Trinajstić information content (AvgIpc) is 2.35. The Morgan fingerprint density at radius 3 is 2.38 bits per heavy atom. The van der Waals surface area contributed by atoms with E-state index in [2.05, 4.69) is 11.9 Å². The highest BCUT2D eigenvalue weighted by molar-refractivity contribution is 5.87. The lowest BCUT2D eigenvalue weighted by molar-refractivity contribution is -0.160. The molecule has 0 radical (unpaired) electrons. The predicted octanol–water partition coefficient (Wildman–Crippen LogP) is 0.580. The van der Waals surface area contributed by atoms with Crippen molar-refractivity contribution in [3.05, 3.63) is 12.2 Å². The van der Waals surface area contributed by atoms with Crippen LogP contribution in [0.4, 0.5) is 0 Å². The van der Waals surface area contributed by atoms with Gasteiger partial charge in [-0.05, 0) is 20.8 Å². The third-order valence-corrected chi connectivity index (χ3v) is 2.22. The van der Waals surface area contributed by atoms with Crippen LogP contribution in [0.15, 0.2) is 12.2 Å². The molecule has 0 unspecified atom stereocenters. The summed E-state index contributed by atoms with van der Waals surface area (Å²) in [6, 6.07) is 0. The van der Waals surface area contributed by atoms with Gasteiger partial charge in [0.15, 0.2) is 0 Å². The lowest BCUT2D eigenvalue weighted by Gasteiger charge is -2.24. The second-order valence-corrected chi connectivity index (χ2v) is 5.11. The Morgan fingerprint density at radius 2 is 1.86 bits per heavy atom. The van der Waals surface area contributed by atoms with E-state index in [1.54, 1.807) is 13.8 Å². The second-order valence-electron chi connectivity index (χ2n) is 5.11. The van der Waals surface area contributed by atoms with Gasteiger partial charge in [-0.15, -0.1) is 0 Å². The Hall–Kier alpha value is -1.89. The van der Waals surface area contributed by atoms with Crippen LogP contribution in [-0.4, -0.2) is 50.3 Å². The molecule has 0 saturated carbocycles. The first-order valence-corrected chi connectivity index (χ1v) is 6.48. The molecule has 0 bridgehead atoms. The van der Waals surface area contributed by atoms with E-state index >= 15 is 0 Å². The van der Waals surface area contributed by atoms with Gasteiger partial charge < -0.3 is 19.5 Å². The van der Waals surface area contributed by atoms with Crippen molar-refractivity contribution in [3.8, 4) is 0 Å². The van der Waals surface area contributed by atoms with Gasteiger partial charge in [0.05, 0.1) is 13.0 Å².